The van der Waals surface area contributed by atoms with Crippen molar-refractivity contribution in [1.82, 2.24) is 9.80 Å². The van der Waals surface area contributed by atoms with Crippen molar-refractivity contribution in [2.45, 2.75) is 0 Å². The van der Waals surface area contributed by atoms with Gasteiger partial charge in [0.2, 0.25) is 0 Å². The van der Waals surface area contributed by atoms with Gasteiger partial charge in [-0.1, -0.05) is 0 Å². The molecule has 0 amide bonds. The summed E-state index contributed by atoms with van der Waals surface area (Å²) >= 11 is 0. The van der Waals surface area contributed by atoms with Crippen LogP contribution in [0.1, 0.15) is 0 Å². The summed E-state index contributed by atoms with van der Waals surface area (Å²) in [6.45, 7) is -1.01. The molecule has 8 N–H and O–H groups in total. The molecule has 0 rings (SSSR count). The molecule has 0 aliphatic rings. The molecule has 0 spiro atoms. The normalized spacial score (nSPS) is 14.0. The molecule has 0 heterocycles. The Bertz CT molecular complexity index is 492. The smallest absolute Gasteiger partial charge is 0.324 e. The first-order valence-electron chi connectivity index (χ1n) is 5.99. The van der Waals surface area contributed by atoms with Gasteiger partial charge in [0, 0.05) is 13.1 Å². The Kier molecular flexibility index (Phi) is 12.9. The zero-order valence-electron chi connectivity index (χ0n) is 12.5. The molecule has 14 nitrogen and oxygen atoms in total. The average Bonchev–Trinajstić information content (AvgIpc) is 2.16. The van der Waals surface area contributed by atoms with Crippen molar-refractivity contribution >= 4 is 30.4 Å². The Morgan fingerprint density at radius 3 is 0.760 bits per heavy atom. The van der Waals surface area contributed by atoms with E-state index in [9.17, 15) is 18.3 Å². The van der Waals surface area contributed by atoms with E-state index in [1.807, 2.05) is 0 Å². The first-order chi connectivity index (χ1) is 10.4. The molecule has 25 heavy (non-hydrogen) atoms. The van der Waals surface area contributed by atoms with E-state index in [0.717, 1.165) is 0 Å². The minimum atomic E-state index is -4.69. The molecule has 0 saturated carbocycles. The van der Waals surface area contributed by atoms with Crippen LogP contribution in [0.15, 0.2) is 0 Å². The zero-order chi connectivity index (χ0) is 19.4. The summed E-state index contributed by atoms with van der Waals surface area (Å²) < 4.78 is 43.9. The van der Waals surface area contributed by atoms with Gasteiger partial charge in [0.1, 0.15) is 25.1 Å². The summed E-state index contributed by atoms with van der Waals surface area (Å²) in [7, 11) is -18.8. The van der Waals surface area contributed by atoms with Gasteiger partial charge >= 0.3 is 68.6 Å². The molecule has 1 radical (unpaired) electrons. The van der Waals surface area contributed by atoms with Gasteiger partial charge in [0.25, 0.3) is 0 Å². The summed E-state index contributed by atoms with van der Waals surface area (Å²) in [6, 6.07) is 0. The minimum Gasteiger partial charge on any atom is -0.324 e. The van der Waals surface area contributed by atoms with Crippen LogP contribution in [0, 0.1) is 38.2 Å². The number of rotatable bonds is 11. The van der Waals surface area contributed by atoms with Crippen LogP contribution < -0.4 is 0 Å². The van der Waals surface area contributed by atoms with Gasteiger partial charge in [-0.3, -0.25) is 28.1 Å². The Hall–Kier alpha value is 1.79. The van der Waals surface area contributed by atoms with Crippen LogP contribution in [0.3, 0.4) is 0 Å². The van der Waals surface area contributed by atoms with Crippen molar-refractivity contribution in [3.8, 4) is 0 Å². The molecule has 0 aromatic carbocycles. The standard InChI is InChI=1S/C6H20N2O12P4.Dy/c9-21(10,11)3-7(4-22(12,13)14)1-2-8(5-23(15,16)17)6-24(18,19)20;/h1-6H2,(H2,9,10,11)(H2,12,13,14)(H2,15,16,17)(H2,18,19,20);/q;+3/i;1+2. The van der Waals surface area contributed by atoms with Gasteiger partial charge in [-0.25, -0.2) is 0 Å². The fourth-order valence-corrected chi connectivity index (χ4v) is 5.06. The van der Waals surface area contributed by atoms with E-state index in [1.165, 1.54) is 0 Å². The fraction of sp³-hybridized carbons (Fsp3) is 1.00. The molecule has 0 aliphatic heterocycles. The molecule has 0 saturated heterocycles. The van der Waals surface area contributed by atoms with Crippen molar-refractivity contribution in [2.24, 2.45) is 0 Å². The Balaban J connectivity index is 0. The number of hydrogen-bond acceptors (Lipinski definition) is 6. The predicted molar refractivity (Wildman–Crippen MR) is 81.1 cm³/mol. The van der Waals surface area contributed by atoms with Crippen LogP contribution in [0.5, 0.6) is 0 Å². The molecule has 19 heteroatoms. The van der Waals surface area contributed by atoms with E-state index < -0.39 is 68.6 Å². The molecular weight excluding hydrogens is 581 g/mol. The number of nitrogens with zero attached hydrogens (tertiary/aromatic N) is 2. The SMILES string of the molecule is O=P(O)(O)CN(CCN(CP(=O)(O)O)CP(=O)(O)O)CP(=O)(O)O.[165Dy+3]. The summed E-state index contributed by atoms with van der Waals surface area (Å²) in [4.78, 5) is 72.3. The van der Waals surface area contributed by atoms with Crippen LogP contribution in [0.2, 0.25) is 0 Å². The maximum atomic E-state index is 11.0. The van der Waals surface area contributed by atoms with Gasteiger partial charge in [-0.05, 0) is 0 Å². The van der Waals surface area contributed by atoms with Crippen LogP contribution in [-0.2, 0) is 18.3 Å². The average molecular weight is 601 g/mol. The van der Waals surface area contributed by atoms with Gasteiger partial charge < -0.3 is 39.1 Å². The Morgan fingerprint density at radius 2 is 0.640 bits per heavy atom. The van der Waals surface area contributed by atoms with E-state index in [1.54, 1.807) is 0 Å². The molecule has 0 aliphatic carbocycles. The predicted octanol–water partition coefficient (Wildman–Crippen LogP) is -1.87. The monoisotopic (exact) mass is 601 g/mol. The van der Waals surface area contributed by atoms with Crippen LogP contribution in [0.4, 0.5) is 0 Å². The quantitative estimate of drug-likeness (QED) is 0.121. The van der Waals surface area contributed by atoms with Gasteiger partial charge in [0.15, 0.2) is 0 Å². The van der Waals surface area contributed by atoms with Crippen molar-refractivity contribution in [2.75, 3.05) is 38.2 Å². The largest absolute Gasteiger partial charge is 3.00 e. The third-order valence-electron chi connectivity index (χ3n) is 2.27. The molecule has 153 valence electrons. The molecule has 0 fully saturated rings. The molecule has 0 unspecified atom stereocenters. The van der Waals surface area contributed by atoms with E-state index in [-0.39, 0.29) is 38.2 Å². The van der Waals surface area contributed by atoms with E-state index >= 15 is 0 Å². The van der Waals surface area contributed by atoms with Crippen molar-refractivity contribution < 1.29 is 95.6 Å². The molecule has 0 bridgehead atoms. The maximum Gasteiger partial charge on any atom is 3.00 e. The first-order valence-corrected chi connectivity index (χ1v) is 13.2. The zero-order valence-corrected chi connectivity index (χ0v) is 18.1. The van der Waals surface area contributed by atoms with E-state index in [2.05, 4.69) is 0 Å². The maximum absolute atomic E-state index is 11.0. The van der Waals surface area contributed by atoms with Gasteiger partial charge in [-0.15, -0.1) is 0 Å². The molecular formula is C6H20DyN2O12P4+3. The summed E-state index contributed by atoms with van der Waals surface area (Å²) in [5, 5.41) is 0. The van der Waals surface area contributed by atoms with Crippen LogP contribution >= 0.6 is 30.4 Å². The fourth-order valence-electron chi connectivity index (χ4n) is 1.70. The number of hydrogen-bond donors (Lipinski definition) is 8. The van der Waals surface area contributed by atoms with E-state index in [4.69, 9.17) is 39.1 Å². The minimum absolute atomic E-state index is 0. The molecule has 0 aromatic heterocycles. The Labute approximate surface area is 173 Å². The van der Waals surface area contributed by atoms with Gasteiger partial charge in [-0.2, -0.15) is 0 Å². The summed E-state index contributed by atoms with van der Waals surface area (Å²) in [5.74, 6) is 0. The second kappa shape index (κ2) is 11.1. The van der Waals surface area contributed by atoms with E-state index in [0.29, 0.717) is 9.80 Å². The summed E-state index contributed by atoms with van der Waals surface area (Å²) in [5.41, 5.74) is 0. The second-order valence-corrected chi connectivity index (χ2v) is 11.5. The van der Waals surface area contributed by atoms with Crippen molar-refractivity contribution in [3.05, 3.63) is 0 Å². The van der Waals surface area contributed by atoms with Gasteiger partial charge in [0.05, 0.1) is 0 Å². The molecule has 0 atom stereocenters. The third kappa shape index (κ3) is 20.3. The third-order valence-corrected chi connectivity index (χ3v) is 5.34. The first kappa shape index (κ1) is 29.0. The second-order valence-electron chi connectivity index (χ2n) is 5.01. The van der Waals surface area contributed by atoms with Crippen molar-refractivity contribution in [1.29, 1.82) is 0 Å². The Morgan fingerprint density at radius 1 is 0.480 bits per heavy atom. The molecule has 0 aromatic rings. The summed E-state index contributed by atoms with van der Waals surface area (Å²) in [6.07, 6.45) is -4.18. The van der Waals surface area contributed by atoms with Crippen LogP contribution in [0.25, 0.3) is 0 Å². The van der Waals surface area contributed by atoms with Crippen LogP contribution in [-0.4, -0.2) is 87.2 Å². The van der Waals surface area contributed by atoms with Crippen molar-refractivity contribution in [3.63, 3.8) is 0 Å². The topological polar surface area (TPSA) is 237 Å².